The summed E-state index contributed by atoms with van der Waals surface area (Å²) in [5, 5.41) is 2.99. The number of halogens is 1. The molecule has 7 heteroatoms. The minimum atomic E-state index is -3.80. The Morgan fingerprint density at radius 2 is 2.00 bits per heavy atom. The molecule has 1 aromatic carbocycles. The molecule has 0 saturated carbocycles. The summed E-state index contributed by atoms with van der Waals surface area (Å²) >= 11 is 0. The Balaban J connectivity index is 2.52. The van der Waals surface area contributed by atoms with Crippen molar-refractivity contribution in [2.75, 3.05) is 33.4 Å². The van der Waals surface area contributed by atoms with E-state index in [1.807, 2.05) is 0 Å². The highest BCUT2D eigenvalue weighted by Crippen LogP contribution is 2.15. The number of methoxy groups -OCH3 is 1. The molecule has 0 aliphatic carbocycles. The number of rotatable bonds is 8. The Morgan fingerprint density at radius 1 is 1.26 bits per heavy atom. The summed E-state index contributed by atoms with van der Waals surface area (Å²) in [6.45, 7) is 3.54. The predicted molar refractivity (Wildman–Crippen MR) is 71.1 cm³/mol. The average Bonchev–Trinajstić information content (AvgIpc) is 2.33. The largest absolute Gasteiger partial charge is 0.383 e. The van der Waals surface area contributed by atoms with Crippen molar-refractivity contribution in [3.05, 3.63) is 29.6 Å². The first kappa shape index (κ1) is 16.0. The fourth-order valence-corrected chi connectivity index (χ4v) is 2.56. The highest BCUT2D eigenvalue weighted by Gasteiger charge is 2.17. The zero-order valence-electron chi connectivity index (χ0n) is 11.1. The van der Waals surface area contributed by atoms with Crippen molar-refractivity contribution >= 4 is 10.0 Å². The predicted octanol–water partition coefficient (Wildman–Crippen LogP) is 0.648. The molecule has 0 aliphatic rings. The van der Waals surface area contributed by atoms with Crippen LogP contribution in [-0.4, -0.2) is 41.8 Å². The fraction of sp³-hybridized carbons (Fsp3) is 0.500. The van der Waals surface area contributed by atoms with E-state index in [0.717, 1.165) is 0 Å². The van der Waals surface area contributed by atoms with Gasteiger partial charge in [0.25, 0.3) is 0 Å². The zero-order chi connectivity index (χ0) is 14.3. The van der Waals surface area contributed by atoms with Gasteiger partial charge in [0, 0.05) is 26.7 Å². The van der Waals surface area contributed by atoms with E-state index in [4.69, 9.17) is 4.74 Å². The van der Waals surface area contributed by atoms with Crippen LogP contribution in [0.4, 0.5) is 4.39 Å². The van der Waals surface area contributed by atoms with E-state index in [0.29, 0.717) is 25.3 Å². The Kier molecular flexibility index (Phi) is 6.36. The average molecular weight is 290 g/mol. The second-order valence-electron chi connectivity index (χ2n) is 4.07. The molecule has 0 heterocycles. The summed E-state index contributed by atoms with van der Waals surface area (Å²) < 4.78 is 44.4. The molecule has 1 rings (SSSR count). The molecule has 5 nitrogen and oxygen atoms in total. The van der Waals surface area contributed by atoms with Crippen molar-refractivity contribution in [1.82, 2.24) is 10.0 Å². The number of ether oxygens (including phenoxy) is 1. The Bertz CT molecular complexity index is 506. The molecule has 0 saturated heterocycles. The molecule has 0 atom stereocenters. The summed E-state index contributed by atoms with van der Waals surface area (Å²) in [6.07, 6.45) is 0. The molecule has 0 unspecified atom stereocenters. The number of hydrogen-bond acceptors (Lipinski definition) is 4. The van der Waals surface area contributed by atoms with Crippen LogP contribution in [0.2, 0.25) is 0 Å². The number of sulfonamides is 1. The van der Waals surface area contributed by atoms with E-state index in [9.17, 15) is 12.8 Å². The lowest BCUT2D eigenvalue weighted by Gasteiger charge is -2.08. The van der Waals surface area contributed by atoms with Crippen molar-refractivity contribution in [2.24, 2.45) is 0 Å². The minimum absolute atomic E-state index is 0.194. The Labute approximate surface area is 113 Å². The van der Waals surface area contributed by atoms with Crippen LogP contribution in [0.5, 0.6) is 0 Å². The summed E-state index contributed by atoms with van der Waals surface area (Å²) in [5.74, 6) is -0.736. The molecule has 0 radical (unpaired) electrons. The van der Waals surface area contributed by atoms with Gasteiger partial charge >= 0.3 is 0 Å². The number of aryl methyl sites for hydroxylation is 1. The van der Waals surface area contributed by atoms with Gasteiger partial charge in [0.2, 0.25) is 10.0 Å². The molecule has 0 bridgehead atoms. The van der Waals surface area contributed by atoms with Gasteiger partial charge in [-0.05, 0) is 24.6 Å². The molecule has 0 fully saturated rings. The monoisotopic (exact) mass is 290 g/mol. The van der Waals surface area contributed by atoms with Crippen LogP contribution < -0.4 is 10.0 Å². The van der Waals surface area contributed by atoms with Gasteiger partial charge in [-0.2, -0.15) is 0 Å². The smallest absolute Gasteiger partial charge is 0.243 e. The van der Waals surface area contributed by atoms with Gasteiger partial charge in [0.1, 0.15) is 10.7 Å². The first-order chi connectivity index (χ1) is 8.97. The van der Waals surface area contributed by atoms with E-state index in [1.54, 1.807) is 20.1 Å². The van der Waals surface area contributed by atoms with Gasteiger partial charge in [-0.3, -0.25) is 0 Å². The van der Waals surface area contributed by atoms with E-state index in [-0.39, 0.29) is 11.4 Å². The molecule has 0 spiro atoms. The molecular formula is C12H19FN2O3S. The van der Waals surface area contributed by atoms with Crippen LogP contribution in [0.15, 0.2) is 23.1 Å². The third-order valence-corrected chi connectivity index (χ3v) is 3.95. The third kappa shape index (κ3) is 5.23. The van der Waals surface area contributed by atoms with Crippen molar-refractivity contribution in [2.45, 2.75) is 11.8 Å². The SMILES string of the molecule is COCCNCCNS(=O)(=O)c1ccc(C)cc1F. The van der Waals surface area contributed by atoms with Crippen molar-refractivity contribution in [3.8, 4) is 0 Å². The van der Waals surface area contributed by atoms with Gasteiger partial charge in [-0.25, -0.2) is 17.5 Å². The van der Waals surface area contributed by atoms with E-state index < -0.39 is 15.8 Å². The maximum atomic E-state index is 13.6. The maximum absolute atomic E-state index is 13.6. The molecule has 108 valence electrons. The van der Waals surface area contributed by atoms with Crippen molar-refractivity contribution in [3.63, 3.8) is 0 Å². The van der Waals surface area contributed by atoms with Gasteiger partial charge in [-0.1, -0.05) is 6.07 Å². The molecular weight excluding hydrogens is 271 g/mol. The lowest BCUT2D eigenvalue weighted by molar-refractivity contribution is 0.199. The Hall–Kier alpha value is -1.02. The summed E-state index contributed by atoms with van der Waals surface area (Å²) in [4.78, 5) is -0.324. The second-order valence-corrected chi connectivity index (χ2v) is 5.81. The normalized spacial score (nSPS) is 11.7. The molecule has 0 amide bonds. The van der Waals surface area contributed by atoms with E-state index >= 15 is 0 Å². The van der Waals surface area contributed by atoms with Crippen LogP contribution in [0.1, 0.15) is 5.56 Å². The van der Waals surface area contributed by atoms with E-state index in [2.05, 4.69) is 10.0 Å². The third-order valence-electron chi connectivity index (χ3n) is 2.45. The van der Waals surface area contributed by atoms with Gasteiger partial charge in [0.05, 0.1) is 6.61 Å². The summed E-state index contributed by atoms with van der Waals surface area (Å²) in [7, 11) is -2.21. The highest BCUT2D eigenvalue weighted by atomic mass is 32.2. The molecule has 0 aromatic heterocycles. The first-order valence-electron chi connectivity index (χ1n) is 5.93. The topological polar surface area (TPSA) is 67.4 Å². The molecule has 2 N–H and O–H groups in total. The number of benzene rings is 1. The van der Waals surface area contributed by atoms with E-state index in [1.165, 1.54) is 12.1 Å². The van der Waals surface area contributed by atoms with Gasteiger partial charge < -0.3 is 10.1 Å². The van der Waals surface area contributed by atoms with Crippen LogP contribution in [-0.2, 0) is 14.8 Å². The van der Waals surface area contributed by atoms with Crippen LogP contribution >= 0.6 is 0 Å². The van der Waals surface area contributed by atoms with Crippen LogP contribution in [0, 0.1) is 12.7 Å². The standard InChI is InChI=1S/C12H19FN2O3S/c1-10-3-4-12(11(13)9-10)19(16,17)15-6-5-14-7-8-18-2/h3-4,9,14-15H,5-8H2,1-2H3. The van der Waals surface area contributed by atoms with Crippen LogP contribution in [0.25, 0.3) is 0 Å². The van der Waals surface area contributed by atoms with Crippen molar-refractivity contribution < 1.29 is 17.5 Å². The van der Waals surface area contributed by atoms with Crippen LogP contribution in [0.3, 0.4) is 0 Å². The summed E-state index contributed by atoms with van der Waals surface area (Å²) in [5.41, 5.74) is 0.678. The maximum Gasteiger partial charge on any atom is 0.243 e. The second kappa shape index (κ2) is 7.54. The Morgan fingerprint density at radius 3 is 2.63 bits per heavy atom. The number of nitrogens with one attached hydrogen (secondary N) is 2. The quantitative estimate of drug-likeness (QED) is 0.690. The zero-order valence-corrected chi connectivity index (χ0v) is 11.9. The van der Waals surface area contributed by atoms with Gasteiger partial charge in [0.15, 0.2) is 0 Å². The fourth-order valence-electron chi connectivity index (χ4n) is 1.47. The first-order valence-corrected chi connectivity index (χ1v) is 7.41. The molecule has 1 aromatic rings. The number of hydrogen-bond donors (Lipinski definition) is 2. The lowest BCUT2D eigenvalue weighted by Crippen LogP contribution is -2.33. The van der Waals surface area contributed by atoms with Crippen molar-refractivity contribution in [1.29, 1.82) is 0 Å². The summed E-state index contributed by atoms with van der Waals surface area (Å²) in [6, 6.07) is 4.03. The molecule has 19 heavy (non-hydrogen) atoms. The lowest BCUT2D eigenvalue weighted by atomic mass is 10.2. The highest BCUT2D eigenvalue weighted by molar-refractivity contribution is 7.89. The minimum Gasteiger partial charge on any atom is -0.383 e. The van der Waals surface area contributed by atoms with Gasteiger partial charge in [-0.15, -0.1) is 0 Å². The molecule has 0 aliphatic heterocycles.